The van der Waals surface area contributed by atoms with E-state index in [1.165, 1.54) is 12.1 Å². The fourth-order valence-corrected chi connectivity index (χ4v) is 2.83. The SMILES string of the molecule is [2H]c1c([2H])c([C@@H]2CCNCC2([2H])COc2ccc3c(c2)OC([2H])([2H])O3)c([2H])c([2H])c1F. The molecule has 4 rings (SSSR count). The lowest BCUT2D eigenvalue weighted by Crippen LogP contribution is -2.38. The van der Waals surface area contributed by atoms with E-state index < -0.39 is 48.5 Å². The van der Waals surface area contributed by atoms with Crippen LogP contribution in [-0.4, -0.2) is 26.4 Å². The minimum atomic E-state index is -2.27. The van der Waals surface area contributed by atoms with Crippen LogP contribution < -0.4 is 19.5 Å². The third-order valence-electron chi connectivity index (χ3n) is 4.06. The summed E-state index contributed by atoms with van der Waals surface area (Å²) in [6.07, 6.45) is 0.358. The van der Waals surface area contributed by atoms with Gasteiger partial charge in [0.25, 0.3) is 0 Å². The molecule has 24 heavy (non-hydrogen) atoms. The van der Waals surface area contributed by atoms with E-state index in [0.29, 0.717) is 18.7 Å². The molecule has 0 amide bonds. The van der Waals surface area contributed by atoms with Crippen LogP contribution in [0.25, 0.3) is 0 Å². The summed E-state index contributed by atoms with van der Waals surface area (Å²) in [4.78, 5) is 0. The maximum absolute atomic E-state index is 14.0. The summed E-state index contributed by atoms with van der Waals surface area (Å²) in [5, 5.41) is 3.09. The van der Waals surface area contributed by atoms with E-state index in [-0.39, 0.29) is 30.2 Å². The summed E-state index contributed by atoms with van der Waals surface area (Å²) in [5.74, 6) is -2.57. The van der Waals surface area contributed by atoms with E-state index in [1.54, 1.807) is 6.07 Å². The Bertz CT molecular complexity index is 1010. The highest BCUT2D eigenvalue weighted by molar-refractivity contribution is 5.46. The van der Waals surface area contributed by atoms with E-state index in [1.807, 2.05) is 0 Å². The standard InChI is InChI=1S/C19H20FNO3/c20-15-3-1-13(2-4-15)17-7-8-21-10-14(17)11-22-16-5-6-18-19(9-16)24-12-23-18/h1-6,9,14,17,21H,7-8,10-12H2/t14?,17-/m0/s1/i1D,2D,3D,4D,12D2,14D. The van der Waals surface area contributed by atoms with Gasteiger partial charge in [0.15, 0.2) is 11.5 Å². The summed E-state index contributed by atoms with van der Waals surface area (Å²) >= 11 is 0. The molecule has 2 aromatic rings. The Balaban J connectivity index is 1.61. The van der Waals surface area contributed by atoms with Gasteiger partial charge in [-0.1, -0.05) is 12.1 Å². The minimum Gasteiger partial charge on any atom is -0.493 e. The van der Waals surface area contributed by atoms with Gasteiger partial charge in [-0.05, 0) is 48.7 Å². The first kappa shape index (κ1) is 9.28. The zero-order chi connectivity index (χ0) is 22.6. The molecular weight excluding hydrogens is 309 g/mol. The molecule has 2 aromatic carbocycles. The van der Waals surface area contributed by atoms with Gasteiger partial charge >= 0.3 is 0 Å². The molecule has 0 saturated carbocycles. The molecule has 0 radical (unpaired) electrons. The molecule has 0 spiro atoms. The Morgan fingerprint density at radius 2 is 2.12 bits per heavy atom. The average Bonchev–Trinajstić information content (AvgIpc) is 3.04. The lowest BCUT2D eigenvalue weighted by atomic mass is 9.81. The maximum atomic E-state index is 14.0. The Morgan fingerprint density at radius 1 is 1.29 bits per heavy atom. The van der Waals surface area contributed by atoms with E-state index in [2.05, 4.69) is 5.32 Å². The second-order valence-electron chi connectivity index (χ2n) is 5.59. The molecule has 1 N–H and O–H groups in total. The van der Waals surface area contributed by atoms with E-state index in [0.717, 1.165) is 0 Å². The Labute approximate surface area is 150 Å². The molecule has 0 bridgehead atoms. The molecule has 4 nitrogen and oxygen atoms in total. The Kier molecular flexibility index (Phi) is 2.59. The largest absolute Gasteiger partial charge is 0.493 e. The van der Waals surface area contributed by atoms with Crippen molar-refractivity contribution in [3.8, 4) is 17.2 Å². The highest BCUT2D eigenvalue weighted by Gasteiger charge is 2.27. The third-order valence-corrected chi connectivity index (χ3v) is 4.06. The monoisotopic (exact) mass is 336 g/mol. The van der Waals surface area contributed by atoms with Crippen LogP contribution in [0.15, 0.2) is 42.4 Å². The lowest BCUT2D eigenvalue weighted by Gasteiger charge is -2.32. The van der Waals surface area contributed by atoms with E-state index >= 15 is 0 Å². The zero-order valence-electron chi connectivity index (χ0n) is 19.7. The van der Waals surface area contributed by atoms with Crippen LogP contribution >= 0.6 is 0 Å². The van der Waals surface area contributed by atoms with Crippen LogP contribution in [0.3, 0.4) is 0 Å². The molecule has 2 atom stereocenters. The first-order chi connectivity index (χ1) is 14.5. The molecular formula is C19H20FNO3. The number of hydrogen-bond acceptors (Lipinski definition) is 4. The van der Waals surface area contributed by atoms with Crippen LogP contribution in [0, 0.1) is 11.7 Å². The summed E-state index contributed by atoms with van der Waals surface area (Å²) in [6, 6.07) is 2.03. The zero-order valence-corrected chi connectivity index (χ0v) is 12.7. The fourth-order valence-electron chi connectivity index (χ4n) is 2.83. The fraction of sp³-hybridized carbons (Fsp3) is 0.368. The first-order valence-electron chi connectivity index (χ1n) is 11.1. The van der Waals surface area contributed by atoms with Crippen LogP contribution in [0.5, 0.6) is 17.2 Å². The van der Waals surface area contributed by atoms with Gasteiger partial charge in [-0.25, -0.2) is 4.39 Å². The molecule has 1 unspecified atom stereocenters. The second kappa shape index (κ2) is 6.69. The smallest absolute Gasteiger partial charge is 0.231 e. The van der Waals surface area contributed by atoms with Gasteiger partial charge < -0.3 is 19.5 Å². The van der Waals surface area contributed by atoms with Crippen LogP contribution in [0.2, 0.25) is 0 Å². The topological polar surface area (TPSA) is 39.7 Å². The molecule has 2 aliphatic rings. The highest BCUT2D eigenvalue weighted by atomic mass is 19.1. The van der Waals surface area contributed by atoms with Crippen LogP contribution in [0.1, 0.15) is 27.5 Å². The number of fused-ring (bicyclic) bond motifs is 1. The summed E-state index contributed by atoms with van der Waals surface area (Å²) in [5.41, 5.74) is 0.00961. The molecule has 1 fully saturated rings. The van der Waals surface area contributed by atoms with Crippen molar-refractivity contribution in [3.05, 3.63) is 53.7 Å². The Morgan fingerprint density at radius 3 is 3.00 bits per heavy atom. The highest BCUT2D eigenvalue weighted by Crippen LogP contribution is 2.36. The first-order valence-corrected chi connectivity index (χ1v) is 7.64. The molecule has 0 aliphatic carbocycles. The molecule has 2 heterocycles. The molecule has 0 aromatic heterocycles. The van der Waals surface area contributed by atoms with E-state index in [4.69, 9.17) is 23.8 Å². The lowest BCUT2D eigenvalue weighted by molar-refractivity contribution is 0.173. The molecule has 5 heteroatoms. The Hall–Kier alpha value is -2.27. The van der Waals surface area contributed by atoms with Crippen molar-refractivity contribution in [1.82, 2.24) is 5.32 Å². The summed E-state index contributed by atoms with van der Waals surface area (Å²) in [6.45, 7) is -1.76. The van der Waals surface area contributed by atoms with Crippen molar-refractivity contribution in [2.75, 3.05) is 26.4 Å². The van der Waals surface area contributed by atoms with Crippen molar-refractivity contribution in [1.29, 1.82) is 0 Å². The number of ether oxygens (including phenoxy) is 3. The molecule has 1 saturated heterocycles. The van der Waals surface area contributed by atoms with E-state index in [9.17, 15) is 4.39 Å². The number of piperidine rings is 1. The van der Waals surface area contributed by atoms with Crippen LogP contribution in [-0.2, 0) is 0 Å². The van der Waals surface area contributed by atoms with Crippen molar-refractivity contribution in [3.63, 3.8) is 0 Å². The predicted molar refractivity (Wildman–Crippen MR) is 88.2 cm³/mol. The van der Waals surface area contributed by atoms with Crippen molar-refractivity contribution in [2.24, 2.45) is 5.89 Å². The van der Waals surface area contributed by atoms with Gasteiger partial charge in [0.2, 0.25) is 6.75 Å². The number of halogens is 1. The average molecular weight is 336 g/mol. The molecule has 2 aliphatic heterocycles. The second-order valence-corrected chi connectivity index (χ2v) is 5.59. The van der Waals surface area contributed by atoms with Gasteiger partial charge in [-0.2, -0.15) is 0 Å². The normalized spacial score (nSPS) is 31.7. The van der Waals surface area contributed by atoms with Crippen molar-refractivity contribution < 1.29 is 28.2 Å². The van der Waals surface area contributed by atoms with Gasteiger partial charge in [0.05, 0.1) is 12.1 Å². The van der Waals surface area contributed by atoms with Gasteiger partial charge in [0.1, 0.15) is 14.3 Å². The maximum Gasteiger partial charge on any atom is 0.231 e. The number of nitrogens with one attached hydrogen (secondary N) is 1. The number of benzene rings is 2. The van der Waals surface area contributed by atoms with Crippen LogP contribution in [0.4, 0.5) is 4.39 Å². The molecule has 126 valence electrons. The quantitative estimate of drug-likeness (QED) is 0.930. The van der Waals surface area contributed by atoms with Crippen molar-refractivity contribution in [2.45, 2.75) is 12.3 Å². The minimum absolute atomic E-state index is 0.00961. The summed E-state index contributed by atoms with van der Waals surface area (Å²) < 4.78 is 85.7. The number of rotatable bonds is 4. The third kappa shape index (κ3) is 3.17. The van der Waals surface area contributed by atoms with Gasteiger partial charge in [-0.15, -0.1) is 0 Å². The summed E-state index contributed by atoms with van der Waals surface area (Å²) in [7, 11) is 0. The number of hydrogen-bond donors (Lipinski definition) is 1. The van der Waals surface area contributed by atoms with Gasteiger partial charge in [0, 0.05) is 19.9 Å². The van der Waals surface area contributed by atoms with Gasteiger partial charge in [-0.3, -0.25) is 0 Å². The predicted octanol–water partition coefficient (Wildman–Crippen LogP) is 3.33. The van der Waals surface area contributed by atoms with Crippen molar-refractivity contribution >= 4 is 0 Å².